The molecule has 1 unspecified atom stereocenters. The van der Waals surface area contributed by atoms with Gasteiger partial charge in [0, 0.05) is 11.9 Å². The largest absolute Gasteiger partial charge is 0.363 e. The smallest absolute Gasteiger partial charge is 0.115 e. The SMILES string of the molecule is C.C=C1C=NC(C)N1. The summed E-state index contributed by atoms with van der Waals surface area (Å²) in [5, 5.41) is 3.00. The Bertz CT molecular complexity index is 116. The van der Waals surface area contributed by atoms with Gasteiger partial charge in [-0.25, -0.2) is 0 Å². The highest BCUT2D eigenvalue weighted by Crippen LogP contribution is 1.94. The summed E-state index contributed by atoms with van der Waals surface area (Å²) in [4.78, 5) is 3.98. The Labute approximate surface area is 50.3 Å². The van der Waals surface area contributed by atoms with Gasteiger partial charge in [0.1, 0.15) is 6.17 Å². The topological polar surface area (TPSA) is 24.4 Å². The van der Waals surface area contributed by atoms with Crippen molar-refractivity contribution in [3.63, 3.8) is 0 Å². The van der Waals surface area contributed by atoms with E-state index in [4.69, 9.17) is 0 Å². The predicted octanol–water partition coefficient (Wildman–Crippen LogP) is 1.16. The van der Waals surface area contributed by atoms with Gasteiger partial charge in [-0.15, -0.1) is 0 Å². The summed E-state index contributed by atoms with van der Waals surface area (Å²) in [7, 11) is 0. The number of hydrogen-bond donors (Lipinski definition) is 1. The van der Waals surface area contributed by atoms with Crippen molar-refractivity contribution in [3.05, 3.63) is 12.3 Å². The molecule has 0 fully saturated rings. The molecule has 0 aromatic heterocycles. The minimum absolute atomic E-state index is 0. The molecular weight excluding hydrogens is 100 g/mol. The third-order valence-corrected chi connectivity index (χ3v) is 0.848. The van der Waals surface area contributed by atoms with Gasteiger partial charge in [-0.2, -0.15) is 0 Å². The van der Waals surface area contributed by atoms with Gasteiger partial charge in [0.05, 0.1) is 0 Å². The first-order valence-electron chi connectivity index (χ1n) is 2.27. The van der Waals surface area contributed by atoms with E-state index in [1.165, 1.54) is 0 Å². The lowest BCUT2D eigenvalue weighted by atomic mass is 10.5. The Morgan fingerprint density at radius 3 is 2.62 bits per heavy atom. The molecule has 1 aliphatic heterocycles. The summed E-state index contributed by atoms with van der Waals surface area (Å²) in [5.74, 6) is 0. The van der Waals surface area contributed by atoms with E-state index in [1.807, 2.05) is 6.92 Å². The van der Waals surface area contributed by atoms with Gasteiger partial charge in [-0.3, -0.25) is 4.99 Å². The summed E-state index contributed by atoms with van der Waals surface area (Å²) < 4.78 is 0. The highest BCUT2D eigenvalue weighted by Gasteiger charge is 2.01. The van der Waals surface area contributed by atoms with Crippen LogP contribution in [0.3, 0.4) is 0 Å². The standard InChI is InChI=1S/C5H8N2.CH4/c1-4-3-6-5(2)7-4;/h3,5,7H,1H2,2H3;1H4. The molecular formula is C6H12N2. The molecule has 0 aliphatic carbocycles. The van der Waals surface area contributed by atoms with E-state index in [0.717, 1.165) is 5.70 Å². The van der Waals surface area contributed by atoms with E-state index in [0.29, 0.717) is 0 Å². The average molecular weight is 112 g/mol. The molecule has 0 saturated heterocycles. The van der Waals surface area contributed by atoms with Crippen LogP contribution in [0.2, 0.25) is 0 Å². The van der Waals surface area contributed by atoms with Crippen LogP contribution in [0.4, 0.5) is 0 Å². The quantitative estimate of drug-likeness (QED) is 0.499. The lowest BCUT2D eigenvalue weighted by molar-refractivity contribution is 0.694. The number of aliphatic imine (C=N–C) groups is 1. The zero-order valence-electron chi connectivity index (χ0n) is 4.31. The molecule has 1 atom stereocenters. The van der Waals surface area contributed by atoms with Crippen molar-refractivity contribution in [1.29, 1.82) is 0 Å². The van der Waals surface area contributed by atoms with Crippen molar-refractivity contribution in [2.24, 2.45) is 4.99 Å². The monoisotopic (exact) mass is 112 g/mol. The average Bonchev–Trinajstić information content (AvgIpc) is 1.87. The highest BCUT2D eigenvalue weighted by molar-refractivity contribution is 5.78. The number of nitrogens with one attached hydrogen (secondary N) is 1. The third-order valence-electron chi connectivity index (χ3n) is 0.848. The maximum Gasteiger partial charge on any atom is 0.115 e. The minimum atomic E-state index is 0. The molecule has 0 bridgehead atoms. The number of nitrogens with zero attached hydrogens (tertiary/aromatic N) is 1. The minimum Gasteiger partial charge on any atom is -0.363 e. The molecule has 0 saturated carbocycles. The Hall–Kier alpha value is -0.790. The Balaban J connectivity index is 0.000000490. The molecule has 1 heterocycles. The van der Waals surface area contributed by atoms with Crippen LogP contribution in [0.5, 0.6) is 0 Å². The van der Waals surface area contributed by atoms with Gasteiger partial charge < -0.3 is 5.32 Å². The Morgan fingerprint density at radius 1 is 1.88 bits per heavy atom. The van der Waals surface area contributed by atoms with Crippen LogP contribution in [0.25, 0.3) is 0 Å². The second-order valence-electron chi connectivity index (χ2n) is 1.62. The van der Waals surface area contributed by atoms with Gasteiger partial charge >= 0.3 is 0 Å². The molecule has 1 N–H and O–H groups in total. The first-order chi connectivity index (χ1) is 3.29. The van der Waals surface area contributed by atoms with Crippen LogP contribution in [0.15, 0.2) is 17.3 Å². The number of rotatable bonds is 0. The molecule has 0 amide bonds. The Morgan fingerprint density at radius 2 is 2.50 bits per heavy atom. The van der Waals surface area contributed by atoms with E-state index in [9.17, 15) is 0 Å². The van der Waals surface area contributed by atoms with E-state index >= 15 is 0 Å². The van der Waals surface area contributed by atoms with E-state index in [-0.39, 0.29) is 13.6 Å². The van der Waals surface area contributed by atoms with Gasteiger partial charge in [0.15, 0.2) is 0 Å². The van der Waals surface area contributed by atoms with Crippen molar-refractivity contribution in [1.82, 2.24) is 5.32 Å². The van der Waals surface area contributed by atoms with E-state index < -0.39 is 0 Å². The number of hydrogen-bond acceptors (Lipinski definition) is 2. The summed E-state index contributed by atoms with van der Waals surface area (Å²) >= 11 is 0. The highest BCUT2D eigenvalue weighted by atomic mass is 15.1. The molecule has 2 nitrogen and oxygen atoms in total. The molecule has 46 valence electrons. The summed E-state index contributed by atoms with van der Waals surface area (Å²) in [6.45, 7) is 5.62. The van der Waals surface area contributed by atoms with Gasteiger partial charge in [0.25, 0.3) is 0 Å². The third kappa shape index (κ3) is 1.37. The first kappa shape index (κ1) is 7.21. The fraction of sp³-hybridized carbons (Fsp3) is 0.500. The molecule has 0 aromatic rings. The van der Waals surface area contributed by atoms with E-state index in [1.54, 1.807) is 6.21 Å². The molecule has 1 rings (SSSR count). The van der Waals surface area contributed by atoms with Gasteiger partial charge in [-0.05, 0) is 6.92 Å². The predicted molar refractivity (Wildman–Crippen MR) is 37.0 cm³/mol. The van der Waals surface area contributed by atoms with Crippen LogP contribution < -0.4 is 5.32 Å². The Kier molecular flexibility index (Phi) is 2.25. The summed E-state index contributed by atoms with van der Waals surface area (Å²) in [6, 6.07) is 0. The molecule has 0 spiro atoms. The van der Waals surface area contributed by atoms with Crippen molar-refractivity contribution in [2.45, 2.75) is 20.5 Å². The van der Waals surface area contributed by atoms with Crippen LogP contribution in [-0.4, -0.2) is 12.4 Å². The lowest BCUT2D eigenvalue weighted by Gasteiger charge is -1.97. The van der Waals surface area contributed by atoms with Crippen LogP contribution in [0.1, 0.15) is 14.4 Å². The fourth-order valence-electron chi connectivity index (χ4n) is 0.545. The van der Waals surface area contributed by atoms with Crippen molar-refractivity contribution in [2.75, 3.05) is 0 Å². The molecule has 8 heavy (non-hydrogen) atoms. The molecule has 0 radical (unpaired) electrons. The summed E-state index contributed by atoms with van der Waals surface area (Å²) in [6.07, 6.45) is 1.98. The molecule has 2 heteroatoms. The van der Waals surface area contributed by atoms with Crippen molar-refractivity contribution in [3.8, 4) is 0 Å². The second kappa shape index (κ2) is 2.50. The van der Waals surface area contributed by atoms with Crippen molar-refractivity contribution < 1.29 is 0 Å². The maximum absolute atomic E-state index is 3.98. The zero-order chi connectivity index (χ0) is 5.28. The van der Waals surface area contributed by atoms with Gasteiger partial charge in [0.2, 0.25) is 0 Å². The van der Waals surface area contributed by atoms with Crippen LogP contribution in [-0.2, 0) is 0 Å². The second-order valence-corrected chi connectivity index (χ2v) is 1.62. The summed E-state index contributed by atoms with van der Waals surface area (Å²) in [5.41, 5.74) is 0.910. The van der Waals surface area contributed by atoms with Crippen LogP contribution in [0, 0.1) is 0 Å². The van der Waals surface area contributed by atoms with E-state index in [2.05, 4.69) is 16.9 Å². The van der Waals surface area contributed by atoms with Crippen LogP contribution >= 0.6 is 0 Å². The molecule has 1 aliphatic rings. The fourth-order valence-corrected chi connectivity index (χ4v) is 0.545. The van der Waals surface area contributed by atoms with Crippen molar-refractivity contribution >= 4 is 6.21 Å². The van der Waals surface area contributed by atoms with Gasteiger partial charge in [-0.1, -0.05) is 14.0 Å². The maximum atomic E-state index is 3.98. The number of allylic oxidation sites excluding steroid dienone is 1. The molecule has 0 aromatic carbocycles. The zero-order valence-corrected chi connectivity index (χ0v) is 4.31. The normalized spacial score (nSPS) is 24.6. The lowest BCUT2D eigenvalue weighted by Crippen LogP contribution is -2.15. The first-order valence-corrected chi connectivity index (χ1v) is 2.27.